The van der Waals surface area contributed by atoms with Crippen LogP contribution in [0.25, 0.3) is 5.76 Å². The number of hydrogen-bond acceptors (Lipinski definition) is 6. The Morgan fingerprint density at radius 2 is 1.55 bits per heavy atom. The van der Waals surface area contributed by atoms with E-state index in [1.54, 1.807) is 12.1 Å². The number of amides is 1. The molecule has 38 heavy (non-hydrogen) atoms. The van der Waals surface area contributed by atoms with Crippen molar-refractivity contribution in [3.63, 3.8) is 0 Å². The van der Waals surface area contributed by atoms with Crippen molar-refractivity contribution < 1.29 is 23.8 Å². The lowest BCUT2D eigenvalue weighted by molar-refractivity contribution is -0.132. The molecule has 1 aliphatic rings. The van der Waals surface area contributed by atoms with E-state index in [0.717, 1.165) is 30.5 Å². The van der Waals surface area contributed by atoms with Crippen molar-refractivity contribution in [2.45, 2.75) is 19.9 Å². The van der Waals surface area contributed by atoms with Crippen molar-refractivity contribution in [1.29, 1.82) is 0 Å². The van der Waals surface area contributed by atoms with E-state index in [2.05, 4.69) is 18.7 Å². The van der Waals surface area contributed by atoms with Gasteiger partial charge in [0.05, 0.1) is 24.3 Å². The molecule has 0 radical (unpaired) electrons. The van der Waals surface area contributed by atoms with Crippen LogP contribution >= 0.6 is 0 Å². The number of ketones is 1. The standard InChI is InChI=1S/C30H32FN3O4/c1-6-33(7-2)22-13-15-23(16-14-22)34-27(19-8-11-21(12-9-19)32(3)4)26(29(36)30(34)37)28(35)24-18-20(31)10-17-25(24)38-5/h8-18,27,35H,6-7H2,1-5H3/b28-26+. The number of anilines is 3. The van der Waals surface area contributed by atoms with Crippen molar-refractivity contribution in [2.24, 2.45) is 0 Å². The Bertz CT molecular complexity index is 1360. The second kappa shape index (κ2) is 11.0. The fourth-order valence-corrected chi connectivity index (χ4v) is 4.79. The molecule has 0 spiro atoms. The van der Waals surface area contributed by atoms with Gasteiger partial charge in [0.1, 0.15) is 17.3 Å². The zero-order chi connectivity index (χ0) is 27.6. The number of carbonyl (C=O) groups is 2. The first-order chi connectivity index (χ1) is 18.2. The zero-order valence-corrected chi connectivity index (χ0v) is 22.2. The number of aliphatic hydroxyl groups is 1. The van der Waals surface area contributed by atoms with Gasteiger partial charge in [0, 0.05) is 44.2 Å². The molecule has 1 saturated heterocycles. The third kappa shape index (κ3) is 4.81. The molecule has 4 rings (SSSR count). The van der Waals surface area contributed by atoms with Crippen LogP contribution in [0.15, 0.2) is 72.3 Å². The van der Waals surface area contributed by atoms with E-state index in [-0.39, 0.29) is 16.9 Å². The lowest BCUT2D eigenvalue weighted by Gasteiger charge is -2.27. The quantitative estimate of drug-likeness (QED) is 0.246. The highest BCUT2D eigenvalue weighted by Gasteiger charge is 2.47. The van der Waals surface area contributed by atoms with E-state index in [0.29, 0.717) is 11.3 Å². The van der Waals surface area contributed by atoms with Crippen molar-refractivity contribution >= 4 is 34.5 Å². The van der Waals surface area contributed by atoms with E-state index in [4.69, 9.17) is 4.74 Å². The Labute approximate surface area is 222 Å². The number of nitrogens with zero attached hydrogens (tertiary/aromatic N) is 3. The maximum atomic E-state index is 14.2. The largest absolute Gasteiger partial charge is 0.507 e. The number of methoxy groups -OCH3 is 1. The molecule has 1 atom stereocenters. The molecule has 198 valence electrons. The van der Waals surface area contributed by atoms with Gasteiger partial charge in [-0.15, -0.1) is 0 Å². The number of hydrogen-bond donors (Lipinski definition) is 1. The number of ether oxygens (including phenoxy) is 1. The maximum Gasteiger partial charge on any atom is 0.300 e. The summed E-state index contributed by atoms with van der Waals surface area (Å²) in [7, 11) is 5.21. The van der Waals surface area contributed by atoms with E-state index < -0.39 is 29.3 Å². The highest BCUT2D eigenvalue weighted by atomic mass is 19.1. The molecule has 1 unspecified atom stereocenters. The van der Waals surface area contributed by atoms with E-state index in [1.165, 1.54) is 24.1 Å². The van der Waals surface area contributed by atoms with Crippen LogP contribution in [-0.4, -0.2) is 51.1 Å². The van der Waals surface area contributed by atoms with Crippen LogP contribution in [0.1, 0.15) is 31.0 Å². The van der Waals surface area contributed by atoms with Crippen LogP contribution in [-0.2, 0) is 9.59 Å². The van der Waals surface area contributed by atoms with E-state index in [9.17, 15) is 19.1 Å². The molecule has 0 bridgehead atoms. The molecule has 8 heteroatoms. The highest BCUT2D eigenvalue weighted by Crippen LogP contribution is 2.44. The molecule has 0 aromatic heterocycles. The van der Waals surface area contributed by atoms with Gasteiger partial charge in [0.15, 0.2) is 0 Å². The van der Waals surface area contributed by atoms with Crippen LogP contribution in [0.2, 0.25) is 0 Å². The van der Waals surface area contributed by atoms with Crippen LogP contribution in [0.4, 0.5) is 21.5 Å². The minimum absolute atomic E-state index is 0.00251. The summed E-state index contributed by atoms with van der Waals surface area (Å²) in [4.78, 5) is 32.4. The van der Waals surface area contributed by atoms with Crippen LogP contribution in [0.3, 0.4) is 0 Å². The van der Waals surface area contributed by atoms with Crippen LogP contribution < -0.4 is 19.4 Å². The van der Waals surface area contributed by atoms with Gasteiger partial charge >= 0.3 is 0 Å². The normalized spacial score (nSPS) is 16.6. The molecule has 1 N–H and O–H groups in total. The number of benzene rings is 3. The molecule has 1 aliphatic heterocycles. The number of aliphatic hydroxyl groups excluding tert-OH is 1. The first kappa shape index (κ1) is 26.7. The second-order valence-corrected chi connectivity index (χ2v) is 9.19. The smallest absolute Gasteiger partial charge is 0.300 e. The molecule has 1 fully saturated rings. The van der Waals surface area contributed by atoms with Crippen molar-refractivity contribution in [2.75, 3.05) is 49.0 Å². The molecule has 0 aliphatic carbocycles. The lowest BCUT2D eigenvalue weighted by Crippen LogP contribution is -2.29. The second-order valence-electron chi connectivity index (χ2n) is 9.19. The van der Waals surface area contributed by atoms with Gasteiger partial charge < -0.3 is 19.6 Å². The van der Waals surface area contributed by atoms with Gasteiger partial charge in [-0.2, -0.15) is 0 Å². The Hall–Kier alpha value is -4.33. The Morgan fingerprint density at radius 1 is 0.947 bits per heavy atom. The predicted molar refractivity (Wildman–Crippen MR) is 149 cm³/mol. The Kier molecular flexibility index (Phi) is 7.71. The zero-order valence-electron chi connectivity index (χ0n) is 22.2. The molecule has 3 aromatic carbocycles. The number of rotatable bonds is 8. The van der Waals surface area contributed by atoms with Crippen molar-refractivity contribution in [3.8, 4) is 5.75 Å². The highest BCUT2D eigenvalue weighted by molar-refractivity contribution is 6.51. The average molecular weight is 518 g/mol. The third-order valence-electron chi connectivity index (χ3n) is 6.84. The van der Waals surface area contributed by atoms with Crippen LogP contribution in [0, 0.1) is 5.82 Å². The summed E-state index contributed by atoms with van der Waals surface area (Å²) in [6.45, 7) is 5.78. The molecule has 0 saturated carbocycles. The Balaban J connectivity index is 1.91. The fraction of sp³-hybridized carbons (Fsp3) is 0.267. The summed E-state index contributed by atoms with van der Waals surface area (Å²) >= 11 is 0. The predicted octanol–water partition coefficient (Wildman–Crippen LogP) is 5.37. The number of halogens is 1. The molecule has 1 heterocycles. The van der Waals surface area contributed by atoms with Crippen LogP contribution in [0.5, 0.6) is 5.75 Å². The summed E-state index contributed by atoms with van der Waals surface area (Å²) in [6, 6.07) is 17.5. The SMILES string of the molecule is CCN(CC)c1ccc(N2C(=O)C(=O)/C(=C(/O)c3cc(F)ccc3OC)C2c2ccc(N(C)C)cc2)cc1. The van der Waals surface area contributed by atoms with Gasteiger partial charge in [-0.1, -0.05) is 12.1 Å². The first-order valence-electron chi connectivity index (χ1n) is 12.5. The van der Waals surface area contributed by atoms with Gasteiger partial charge in [-0.3, -0.25) is 14.5 Å². The summed E-state index contributed by atoms with van der Waals surface area (Å²) in [5, 5.41) is 11.4. The minimum Gasteiger partial charge on any atom is -0.507 e. The molecule has 7 nitrogen and oxygen atoms in total. The Morgan fingerprint density at radius 3 is 2.11 bits per heavy atom. The monoisotopic (exact) mass is 517 g/mol. The summed E-state index contributed by atoms with van der Waals surface area (Å²) in [5.41, 5.74) is 2.92. The first-order valence-corrected chi connectivity index (χ1v) is 12.5. The van der Waals surface area contributed by atoms with Gasteiger partial charge in [0.2, 0.25) is 0 Å². The molecular weight excluding hydrogens is 485 g/mol. The average Bonchev–Trinajstić information content (AvgIpc) is 3.19. The van der Waals surface area contributed by atoms with Crippen molar-refractivity contribution in [3.05, 3.63) is 89.2 Å². The third-order valence-corrected chi connectivity index (χ3v) is 6.84. The van der Waals surface area contributed by atoms with Gasteiger partial charge in [-0.05, 0) is 74.0 Å². The number of Topliss-reactive ketones (excluding diaryl/α,β-unsaturated/α-hetero) is 1. The van der Waals surface area contributed by atoms with E-state index in [1.807, 2.05) is 55.4 Å². The topological polar surface area (TPSA) is 73.3 Å². The van der Waals surface area contributed by atoms with Crippen molar-refractivity contribution in [1.82, 2.24) is 0 Å². The lowest BCUT2D eigenvalue weighted by atomic mass is 9.94. The molecule has 1 amide bonds. The fourth-order valence-electron chi connectivity index (χ4n) is 4.79. The molecule has 3 aromatic rings. The summed E-state index contributed by atoms with van der Waals surface area (Å²) < 4.78 is 19.5. The summed E-state index contributed by atoms with van der Waals surface area (Å²) in [6.07, 6.45) is 0. The van der Waals surface area contributed by atoms with Gasteiger partial charge in [0.25, 0.3) is 11.7 Å². The number of carbonyl (C=O) groups excluding carboxylic acids is 2. The maximum absolute atomic E-state index is 14.2. The van der Waals surface area contributed by atoms with E-state index >= 15 is 0 Å². The molecular formula is C30H32FN3O4. The minimum atomic E-state index is -0.932. The summed E-state index contributed by atoms with van der Waals surface area (Å²) in [5.74, 6) is -2.56. The van der Waals surface area contributed by atoms with Gasteiger partial charge in [-0.25, -0.2) is 4.39 Å².